The molecular weight excluding hydrogens is 198 g/mol. The van der Waals surface area contributed by atoms with Crippen LogP contribution in [0.4, 0.5) is 0 Å². The van der Waals surface area contributed by atoms with E-state index in [1.807, 2.05) is 30.3 Å². The molecule has 0 amide bonds. The Balaban J connectivity index is 2.69. The summed E-state index contributed by atoms with van der Waals surface area (Å²) in [5.41, 5.74) is 0.0313. The van der Waals surface area contributed by atoms with E-state index >= 15 is 0 Å². The van der Waals surface area contributed by atoms with Gasteiger partial charge in [0.1, 0.15) is 0 Å². The van der Waals surface area contributed by atoms with Crippen LogP contribution in [0.2, 0.25) is 0 Å². The van der Waals surface area contributed by atoms with E-state index in [-0.39, 0.29) is 5.56 Å². The Morgan fingerprint density at radius 3 is 2.79 bits per heavy atom. The summed E-state index contributed by atoms with van der Waals surface area (Å²) in [5, 5.41) is 1.73. The van der Waals surface area contributed by atoms with Crippen molar-refractivity contribution in [3.05, 3.63) is 46.9 Å². The van der Waals surface area contributed by atoms with E-state index in [1.54, 1.807) is 10.8 Å². The summed E-state index contributed by atoms with van der Waals surface area (Å²) < 4.78 is 1.63. The van der Waals surface area contributed by atoms with Gasteiger partial charge in [-0.05, 0) is 17.5 Å². The highest BCUT2D eigenvalue weighted by atomic mass is 35.5. The number of aromatic nitrogens is 1. The number of nitrogens with zero attached hydrogens (tertiary/aromatic N) is 1. The molecule has 0 radical (unpaired) electrons. The van der Waals surface area contributed by atoms with Gasteiger partial charge in [0, 0.05) is 24.0 Å². The van der Waals surface area contributed by atoms with Gasteiger partial charge in [0.25, 0.3) is 5.56 Å². The smallest absolute Gasteiger partial charge is 0.258 e. The molecule has 2 rings (SSSR count). The molecule has 0 fully saturated rings. The highest BCUT2D eigenvalue weighted by Gasteiger charge is 2.00. The van der Waals surface area contributed by atoms with Crippen molar-refractivity contribution in [2.75, 3.05) is 5.88 Å². The Morgan fingerprint density at radius 2 is 2.00 bits per heavy atom. The standard InChI is InChI=1S/C11H10ClNO/c12-6-8-13-7-5-9-3-1-2-4-10(9)11(13)14/h1-5,7H,6,8H2. The summed E-state index contributed by atoms with van der Waals surface area (Å²) in [5.74, 6) is 0.457. The van der Waals surface area contributed by atoms with Gasteiger partial charge in [-0.1, -0.05) is 18.2 Å². The Bertz CT molecular complexity index is 504. The third-order valence-electron chi connectivity index (χ3n) is 2.21. The molecule has 3 heteroatoms. The van der Waals surface area contributed by atoms with Gasteiger partial charge in [-0.3, -0.25) is 4.79 Å². The van der Waals surface area contributed by atoms with Gasteiger partial charge in [0.15, 0.2) is 0 Å². The Kier molecular flexibility index (Phi) is 2.55. The SMILES string of the molecule is O=c1c2ccccc2ccn1CCCl. The van der Waals surface area contributed by atoms with Crippen LogP contribution in [0.15, 0.2) is 41.3 Å². The maximum Gasteiger partial charge on any atom is 0.258 e. The molecule has 2 nitrogen and oxygen atoms in total. The van der Waals surface area contributed by atoms with Crippen molar-refractivity contribution in [3.63, 3.8) is 0 Å². The molecule has 0 aliphatic carbocycles. The van der Waals surface area contributed by atoms with Crippen LogP contribution >= 0.6 is 11.6 Å². The van der Waals surface area contributed by atoms with Gasteiger partial charge < -0.3 is 4.57 Å². The lowest BCUT2D eigenvalue weighted by molar-refractivity contribution is 0.740. The second-order valence-corrected chi connectivity index (χ2v) is 3.47. The fraction of sp³-hybridized carbons (Fsp3) is 0.182. The monoisotopic (exact) mass is 207 g/mol. The number of alkyl halides is 1. The third kappa shape index (κ3) is 1.53. The Hall–Kier alpha value is -1.28. The first-order valence-corrected chi connectivity index (χ1v) is 5.00. The number of rotatable bonds is 2. The van der Waals surface area contributed by atoms with Gasteiger partial charge in [0.05, 0.1) is 0 Å². The first-order chi connectivity index (χ1) is 6.83. The predicted molar refractivity (Wildman–Crippen MR) is 58.9 cm³/mol. The number of hydrogen-bond acceptors (Lipinski definition) is 1. The van der Waals surface area contributed by atoms with E-state index < -0.39 is 0 Å². The van der Waals surface area contributed by atoms with E-state index in [9.17, 15) is 4.79 Å². The van der Waals surface area contributed by atoms with Gasteiger partial charge in [-0.2, -0.15) is 0 Å². The largest absolute Gasteiger partial charge is 0.314 e. The lowest BCUT2D eigenvalue weighted by atomic mass is 10.2. The van der Waals surface area contributed by atoms with Gasteiger partial charge in [0.2, 0.25) is 0 Å². The van der Waals surface area contributed by atoms with Gasteiger partial charge >= 0.3 is 0 Å². The minimum atomic E-state index is 0.0313. The lowest BCUT2D eigenvalue weighted by Crippen LogP contribution is -2.19. The molecule has 0 N–H and O–H groups in total. The van der Waals surface area contributed by atoms with E-state index in [2.05, 4.69) is 0 Å². The molecule has 14 heavy (non-hydrogen) atoms. The first kappa shape index (κ1) is 9.28. The molecule has 0 atom stereocenters. The molecule has 0 aliphatic rings. The summed E-state index contributed by atoms with van der Waals surface area (Å²) in [6, 6.07) is 9.50. The lowest BCUT2D eigenvalue weighted by Gasteiger charge is -2.04. The maximum absolute atomic E-state index is 11.8. The van der Waals surface area contributed by atoms with Crippen molar-refractivity contribution in [1.29, 1.82) is 0 Å². The van der Waals surface area contributed by atoms with Crippen molar-refractivity contribution in [1.82, 2.24) is 4.57 Å². The summed E-state index contributed by atoms with van der Waals surface area (Å²) in [7, 11) is 0. The van der Waals surface area contributed by atoms with Crippen LogP contribution in [-0.2, 0) is 6.54 Å². The van der Waals surface area contributed by atoms with E-state index in [0.29, 0.717) is 12.4 Å². The van der Waals surface area contributed by atoms with E-state index in [4.69, 9.17) is 11.6 Å². The fourth-order valence-corrected chi connectivity index (χ4v) is 1.68. The molecule has 0 unspecified atom stereocenters. The predicted octanol–water partition coefficient (Wildman–Crippen LogP) is 2.24. The van der Waals surface area contributed by atoms with Crippen molar-refractivity contribution in [2.24, 2.45) is 0 Å². The zero-order valence-electron chi connectivity index (χ0n) is 7.61. The molecule has 0 spiro atoms. The summed E-state index contributed by atoms with van der Waals surface area (Å²) in [6.45, 7) is 0.561. The van der Waals surface area contributed by atoms with Crippen LogP contribution in [-0.4, -0.2) is 10.4 Å². The maximum atomic E-state index is 11.8. The first-order valence-electron chi connectivity index (χ1n) is 4.47. The molecule has 1 aromatic carbocycles. The minimum absolute atomic E-state index is 0.0313. The average Bonchev–Trinajstić information content (AvgIpc) is 2.23. The minimum Gasteiger partial charge on any atom is -0.314 e. The van der Waals surface area contributed by atoms with Crippen molar-refractivity contribution >= 4 is 22.4 Å². The van der Waals surface area contributed by atoms with E-state index in [1.165, 1.54) is 0 Å². The quantitative estimate of drug-likeness (QED) is 0.693. The van der Waals surface area contributed by atoms with Crippen LogP contribution < -0.4 is 5.56 Å². The summed E-state index contributed by atoms with van der Waals surface area (Å²) in [4.78, 5) is 11.8. The van der Waals surface area contributed by atoms with Gasteiger partial charge in [-0.15, -0.1) is 11.6 Å². The highest BCUT2D eigenvalue weighted by Crippen LogP contribution is 2.07. The molecule has 2 aromatic rings. The second kappa shape index (κ2) is 3.84. The number of aryl methyl sites for hydroxylation is 1. The zero-order valence-corrected chi connectivity index (χ0v) is 8.37. The molecule has 0 saturated carbocycles. The summed E-state index contributed by atoms with van der Waals surface area (Å²) >= 11 is 5.60. The number of fused-ring (bicyclic) bond motifs is 1. The second-order valence-electron chi connectivity index (χ2n) is 3.09. The summed E-state index contributed by atoms with van der Waals surface area (Å²) in [6.07, 6.45) is 1.78. The molecule has 1 heterocycles. The number of pyridine rings is 1. The normalized spacial score (nSPS) is 10.6. The molecule has 1 aromatic heterocycles. The van der Waals surface area contributed by atoms with Crippen LogP contribution in [0.5, 0.6) is 0 Å². The van der Waals surface area contributed by atoms with Crippen LogP contribution in [0.25, 0.3) is 10.8 Å². The van der Waals surface area contributed by atoms with Crippen molar-refractivity contribution in [2.45, 2.75) is 6.54 Å². The van der Waals surface area contributed by atoms with Crippen LogP contribution in [0, 0.1) is 0 Å². The molecular formula is C11H10ClNO. The number of hydrogen-bond donors (Lipinski definition) is 0. The van der Waals surface area contributed by atoms with Crippen molar-refractivity contribution < 1.29 is 0 Å². The van der Waals surface area contributed by atoms with Crippen molar-refractivity contribution in [3.8, 4) is 0 Å². The average molecular weight is 208 g/mol. The third-order valence-corrected chi connectivity index (χ3v) is 2.38. The van der Waals surface area contributed by atoms with Crippen LogP contribution in [0.1, 0.15) is 0 Å². The fourth-order valence-electron chi connectivity index (χ4n) is 1.50. The number of benzene rings is 1. The molecule has 0 aliphatic heterocycles. The highest BCUT2D eigenvalue weighted by molar-refractivity contribution is 6.17. The number of halogens is 1. The zero-order chi connectivity index (χ0) is 9.97. The molecule has 0 saturated heterocycles. The Labute approximate surface area is 86.7 Å². The van der Waals surface area contributed by atoms with Gasteiger partial charge in [-0.25, -0.2) is 0 Å². The van der Waals surface area contributed by atoms with Crippen LogP contribution in [0.3, 0.4) is 0 Å². The molecule has 0 bridgehead atoms. The van der Waals surface area contributed by atoms with E-state index in [0.717, 1.165) is 10.8 Å². The Morgan fingerprint density at radius 1 is 1.21 bits per heavy atom. The molecule has 72 valence electrons. The topological polar surface area (TPSA) is 22.0 Å².